The first kappa shape index (κ1) is 14.8. The highest BCUT2D eigenvalue weighted by molar-refractivity contribution is 5.28. The highest BCUT2D eigenvalue weighted by Crippen LogP contribution is 2.23. The van der Waals surface area contributed by atoms with Gasteiger partial charge in [0.05, 0.1) is 13.2 Å². The molecule has 0 saturated carbocycles. The van der Waals surface area contributed by atoms with E-state index in [0.717, 1.165) is 30.9 Å². The van der Waals surface area contributed by atoms with Gasteiger partial charge in [-0.05, 0) is 56.6 Å². The molecule has 2 fully saturated rings. The van der Waals surface area contributed by atoms with Crippen LogP contribution in [0.3, 0.4) is 0 Å². The van der Waals surface area contributed by atoms with Crippen LogP contribution in [0.5, 0.6) is 5.75 Å². The van der Waals surface area contributed by atoms with Crippen molar-refractivity contribution in [3.63, 3.8) is 0 Å². The Balaban J connectivity index is 1.51. The quantitative estimate of drug-likeness (QED) is 0.898. The van der Waals surface area contributed by atoms with E-state index < -0.39 is 6.10 Å². The Bertz CT molecular complexity index is 443. The molecule has 2 unspecified atom stereocenters. The zero-order valence-electron chi connectivity index (χ0n) is 12.9. The van der Waals surface area contributed by atoms with E-state index in [1.807, 2.05) is 24.3 Å². The maximum absolute atomic E-state index is 10.4. The van der Waals surface area contributed by atoms with E-state index in [-0.39, 0.29) is 0 Å². The number of likely N-dealkylation sites (tertiary alicyclic amines) is 2. The zero-order valence-corrected chi connectivity index (χ0v) is 12.9. The maximum Gasteiger partial charge on any atom is 0.118 e. The number of ether oxygens (including phenoxy) is 1. The normalized spacial score (nSPS) is 25.3. The maximum atomic E-state index is 10.4. The highest BCUT2D eigenvalue weighted by Gasteiger charge is 2.30. The number of hydrogen-bond donors (Lipinski definition) is 1. The Morgan fingerprint density at radius 1 is 1.19 bits per heavy atom. The third-order valence-electron chi connectivity index (χ3n) is 4.84. The van der Waals surface area contributed by atoms with E-state index in [2.05, 4.69) is 9.80 Å². The summed E-state index contributed by atoms with van der Waals surface area (Å²) in [5.74, 6) is 0.834. The van der Waals surface area contributed by atoms with Gasteiger partial charge in [0.25, 0.3) is 0 Å². The van der Waals surface area contributed by atoms with E-state index >= 15 is 0 Å². The van der Waals surface area contributed by atoms with Gasteiger partial charge in [-0.15, -0.1) is 0 Å². The topological polar surface area (TPSA) is 35.9 Å². The molecule has 2 aliphatic rings. The Morgan fingerprint density at radius 3 is 2.57 bits per heavy atom. The molecule has 2 aliphatic heterocycles. The molecule has 1 N–H and O–H groups in total. The van der Waals surface area contributed by atoms with Crippen LogP contribution in [0.15, 0.2) is 24.3 Å². The second-order valence-corrected chi connectivity index (χ2v) is 6.23. The van der Waals surface area contributed by atoms with Gasteiger partial charge in [-0.1, -0.05) is 12.1 Å². The van der Waals surface area contributed by atoms with E-state index in [1.165, 1.54) is 32.4 Å². The van der Waals surface area contributed by atoms with Crippen LogP contribution >= 0.6 is 0 Å². The summed E-state index contributed by atoms with van der Waals surface area (Å²) >= 11 is 0. The Morgan fingerprint density at radius 2 is 1.90 bits per heavy atom. The summed E-state index contributed by atoms with van der Waals surface area (Å²) in [5.41, 5.74) is 0.973. The standard InChI is InChI=1S/C17H26N2O2/c1-21-16-6-4-14(5-7-16)17(20)13-18-11-8-15(12-18)19-9-2-3-10-19/h4-7,15,17,20H,2-3,8-13H2,1H3. The molecule has 0 bridgehead atoms. The van der Waals surface area contributed by atoms with Gasteiger partial charge in [0.2, 0.25) is 0 Å². The third-order valence-corrected chi connectivity index (χ3v) is 4.84. The van der Waals surface area contributed by atoms with E-state index in [4.69, 9.17) is 4.74 Å². The number of aliphatic hydroxyl groups excluding tert-OH is 1. The summed E-state index contributed by atoms with van der Waals surface area (Å²) in [5, 5.41) is 10.4. The van der Waals surface area contributed by atoms with E-state index in [1.54, 1.807) is 7.11 Å². The van der Waals surface area contributed by atoms with Crippen molar-refractivity contribution in [1.29, 1.82) is 0 Å². The van der Waals surface area contributed by atoms with Gasteiger partial charge in [0.1, 0.15) is 5.75 Å². The fourth-order valence-corrected chi connectivity index (χ4v) is 3.56. The molecule has 21 heavy (non-hydrogen) atoms. The van der Waals surface area contributed by atoms with Gasteiger partial charge in [-0.3, -0.25) is 9.80 Å². The molecular weight excluding hydrogens is 264 g/mol. The monoisotopic (exact) mass is 290 g/mol. The first-order chi connectivity index (χ1) is 10.3. The second-order valence-electron chi connectivity index (χ2n) is 6.23. The molecule has 4 nitrogen and oxygen atoms in total. The summed E-state index contributed by atoms with van der Waals surface area (Å²) in [6.07, 6.45) is 3.54. The number of methoxy groups -OCH3 is 1. The molecule has 3 rings (SSSR count). The van der Waals surface area contributed by atoms with Crippen LogP contribution in [0.4, 0.5) is 0 Å². The molecule has 4 heteroatoms. The van der Waals surface area contributed by atoms with Gasteiger partial charge in [0, 0.05) is 19.1 Å². The lowest BCUT2D eigenvalue weighted by atomic mass is 10.1. The average Bonchev–Trinajstić information content (AvgIpc) is 3.18. The Hall–Kier alpha value is -1.10. The van der Waals surface area contributed by atoms with Crippen molar-refractivity contribution in [1.82, 2.24) is 9.80 Å². The summed E-state index contributed by atoms with van der Waals surface area (Å²) < 4.78 is 5.16. The van der Waals surface area contributed by atoms with Crippen molar-refractivity contribution < 1.29 is 9.84 Å². The predicted molar refractivity (Wildman–Crippen MR) is 83.6 cm³/mol. The van der Waals surface area contributed by atoms with Gasteiger partial charge < -0.3 is 9.84 Å². The van der Waals surface area contributed by atoms with Crippen molar-refractivity contribution in [3.8, 4) is 5.75 Å². The summed E-state index contributed by atoms with van der Waals surface area (Å²) in [6, 6.07) is 8.44. The summed E-state index contributed by atoms with van der Waals surface area (Å²) in [6.45, 7) is 5.47. The molecule has 116 valence electrons. The van der Waals surface area contributed by atoms with Crippen molar-refractivity contribution in [2.24, 2.45) is 0 Å². The van der Waals surface area contributed by atoms with Crippen LogP contribution in [-0.2, 0) is 0 Å². The molecule has 0 radical (unpaired) electrons. The van der Waals surface area contributed by atoms with Gasteiger partial charge >= 0.3 is 0 Å². The van der Waals surface area contributed by atoms with Crippen molar-refractivity contribution in [2.75, 3.05) is 39.8 Å². The van der Waals surface area contributed by atoms with Crippen LogP contribution in [0, 0.1) is 0 Å². The van der Waals surface area contributed by atoms with Gasteiger partial charge in [-0.25, -0.2) is 0 Å². The molecule has 2 atom stereocenters. The number of benzene rings is 1. The molecule has 2 saturated heterocycles. The fourth-order valence-electron chi connectivity index (χ4n) is 3.56. The van der Waals surface area contributed by atoms with Gasteiger partial charge in [-0.2, -0.15) is 0 Å². The average molecular weight is 290 g/mol. The fraction of sp³-hybridized carbons (Fsp3) is 0.647. The zero-order chi connectivity index (χ0) is 14.7. The lowest BCUT2D eigenvalue weighted by Gasteiger charge is -2.24. The largest absolute Gasteiger partial charge is 0.497 e. The number of hydrogen-bond acceptors (Lipinski definition) is 4. The van der Waals surface area contributed by atoms with E-state index in [0.29, 0.717) is 6.04 Å². The molecule has 0 spiro atoms. The minimum Gasteiger partial charge on any atom is -0.497 e. The van der Waals surface area contributed by atoms with Crippen molar-refractivity contribution in [3.05, 3.63) is 29.8 Å². The summed E-state index contributed by atoms with van der Waals surface area (Å²) in [4.78, 5) is 5.03. The molecule has 2 heterocycles. The van der Waals surface area contributed by atoms with Crippen LogP contribution in [0.1, 0.15) is 30.9 Å². The first-order valence-electron chi connectivity index (χ1n) is 8.04. The number of β-amino-alcohol motifs (C(OH)–C–C–N with tert-alkyl or cyclic N) is 1. The van der Waals surface area contributed by atoms with Gasteiger partial charge in [0.15, 0.2) is 0 Å². The number of nitrogens with zero attached hydrogens (tertiary/aromatic N) is 2. The minimum absolute atomic E-state index is 0.409. The lowest BCUT2D eigenvalue weighted by Crippen LogP contribution is -2.36. The first-order valence-corrected chi connectivity index (χ1v) is 8.04. The molecule has 1 aromatic carbocycles. The molecule has 0 aromatic heterocycles. The smallest absolute Gasteiger partial charge is 0.118 e. The van der Waals surface area contributed by atoms with E-state index in [9.17, 15) is 5.11 Å². The van der Waals surface area contributed by atoms with Crippen LogP contribution in [-0.4, -0.2) is 60.8 Å². The molecule has 1 aromatic rings. The van der Waals surface area contributed by atoms with Crippen LogP contribution < -0.4 is 4.74 Å². The second kappa shape index (κ2) is 6.77. The molecule has 0 amide bonds. The molecule has 0 aliphatic carbocycles. The van der Waals surface area contributed by atoms with Crippen molar-refractivity contribution >= 4 is 0 Å². The van der Waals surface area contributed by atoms with Crippen LogP contribution in [0.2, 0.25) is 0 Å². The summed E-state index contributed by atoms with van der Waals surface area (Å²) in [7, 11) is 1.66. The number of rotatable bonds is 5. The predicted octanol–water partition coefficient (Wildman–Crippen LogP) is 1.90. The Kier molecular flexibility index (Phi) is 4.78. The van der Waals surface area contributed by atoms with Crippen molar-refractivity contribution in [2.45, 2.75) is 31.4 Å². The number of aliphatic hydroxyl groups is 1. The lowest BCUT2D eigenvalue weighted by molar-refractivity contribution is 0.120. The minimum atomic E-state index is -0.409. The highest BCUT2D eigenvalue weighted by atomic mass is 16.5. The van der Waals surface area contributed by atoms with Crippen LogP contribution in [0.25, 0.3) is 0 Å². The SMILES string of the molecule is COc1ccc(C(O)CN2CCC(N3CCCC3)C2)cc1. The Labute approximate surface area is 127 Å². The third kappa shape index (κ3) is 3.57. The molecular formula is C17H26N2O2.